The van der Waals surface area contributed by atoms with Crippen molar-refractivity contribution < 1.29 is 55.6 Å². The van der Waals surface area contributed by atoms with Crippen molar-refractivity contribution in [1.82, 2.24) is 0 Å². The molecule has 4 N–H and O–H groups in total. The fourth-order valence-electron chi connectivity index (χ4n) is 0. The van der Waals surface area contributed by atoms with E-state index in [1.165, 1.54) is 0 Å². The van der Waals surface area contributed by atoms with E-state index in [-0.39, 0.29) is 17.1 Å². The summed E-state index contributed by atoms with van der Waals surface area (Å²) in [5, 5.41) is 0. The Hall–Kier alpha value is 0.739. The van der Waals surface area contributed by atoms with Crippen LogP contribution in [0.25, 0.3) is 0 Å². The van der Waals surface area contributed by atoms with E-state index < -0.39 is 15.6 Å². The molecule has 0 aromatic carbocycles. The first-order valence-corrected chi connectivity index (χ1v) is 4.59. The van der Waals surface area contributed by atoms with Crippen LogP contribution in [-0.4, -0.2) is 19.6 Å². The molecule has 0 saturated heterocycles. The summed E-state index contributed by atoms with van der Waals surface area (Å²) in [7, 11) is -9.78. The largest absolute Gasteiger partial charge is 2.00 e. The predicted molar refractivity (Wildman–Crippen MR) is 24.1 cm³/mol. The van der Waals surface area contributed by atoms with Gasteiger partial charge in [0.1, 0.15) is 0 Å². The molecule has 0 fully saturated rings. The molecule has 0 spiro atoms. The monoisotopic (exact) mass is 249 g/mol. The van der Waals surface area contributed by atoms with Crippen molar-refractivity contribution in [1.29, 1.82) is 0 Å². The predicted octanol–water partition coefficient (Wildman–Crippen LogP) is -3.12. The summed E-state index contributed by atoms with van der Waals surface area (Å²) < 4.78 is 17.5. The van der Waals surface area contributed by atoms with Crippen LogP contribution in [0.5, 0.6) is 0 Å². The Morgan fingerprint density at radius 2 is 0.818 bits per heavy atom. The van der Waals surface area contributed by atoms with Gasteiger partial charge in [0, 0.05) is 0 Å². The van der Waals surface area contributed by atoms with Gasteiger partial charge < -0.3 is 29.4 Å². The zero-order chi connectivity index (χ0) is 9.00. The van der Waals surface area contributed by atoms with Gasteiger partial charge in [-0.15, -0.1) is 0 Å². The molecule has 0 amide bonds. The number of hydrogen-bond acceptors (Lipinski definition) is 4. The Bertz CT molecular complexity index is 124. The molecule has 0 atom stereocenters. The molecular weight excluding hydrogens is 245 g/mol. The van der Waals surface area contributed by atoms with Crippen LogP contribution in [0, 0.1) is 0 Å². The zero-order valence-corrected chi connectivity index (χ0v) is 7.66. The number of rotatable bonds is 0. The van der Waals surface area contributed by atoms with Gasteiger partial charge in [0.05, 0.1) is 0 Å². The molecule has 0 heterocycles. The Morgan fingerprint density at radius 1 is 0.818 bits per heavy atom. The van der Waals surface area contributed by atoms with Crippen molar-refractivity contribution in [3.05, 3.63) is 0 Å². The van der Waals surface area contributed by atoms with Crippen molar-refractivity contribution in [3.8, 4) is 0 Å². The SMILES string of the molecule is O=P([O-])(O)O.O=P([O-])(O)O.[Mn+2]. The summed E-state index contributed by atoms with van der Waals surface area (Å²) >= 11 is 0. The molecule has 0 aliphatic rings. The third kappa shape index (κ3) is 1500. The van der Waals surface area contributed by atoms with Crippen LogP contribution < -0.4 is 9.79 Å². The van der Waals surface area contributed by atoms with Crippen LogP contribution in [0.4, 0.5) is 0 Å². The van der Waals surface area contributed by atoms with Gasteiger partial charge in [-0.3, -0.25) is 9.13 Å². The molecule has 0 aliphatic heterocycles. The first-order chi connectivity index (χ1) is 4.00. The van der Waals surface area contributed by atoms with E-state index in [0.29, 0.717) is 0 Å². The van der Waals surface area contributed by atoms with E-state index in [9.17, 15) is 0 Å². The first kappa shape index (κ1) is 17.7. The summed E-state index contributed by atoms with van der Waals surface area (Å²) in [6, 6.07) is 0. The zero-order valence-electron chi connectivity index (χ0n) is 4.69. The quantitative estimate of drug-likeness (QED) is 0.259. The first-order valence-electron chi connectivity index (χ1n) is 1.53. The molecule has 11 heavy (non-hydrogen) atoms. The molecule has 0 saturated carbocycles. The van der Waals surface area contributed by atoms with E-state index in [4.69, 9.17) is 38.5 Å². The molecule has 8 nitrogen and oxygen atoms in total. The molecule has 0 rings (SSSR count). The average molecular weight is 249 g/mol. The third-order valence-corrected chi connectivity index (χ3v) is 0. The topological polar surface area (TPSA) is 161 Å². The third-order valence-electron chi connectivity index (χ3n) is 0. The maximum Gasteiger partial charge on any atom is 2.00 e. The number of hydrogen-bond donors (Lipinski definition) is 4. The Labute approximate surface area is 71.8 Å². The molecular formula is H4MnO8P2. The van der Waals surface area contributed by atoms with Gasteiger partial charge in [0.15, 0.2) is 0 Å². The molecule has 0 aliphatic carbocycles. The molecule has 0 unspecified atom stereocenters. The standard InChI is InChI=1S/Mn.2H3O4P/c;2*1-5(2,3)4/h;2*(H3,1,2,3,4)/q+2;;/p-2. The van der Waals surface area contributed by atoms with E-state index in [1.54, 1.807) is 0 Å². The van der Waals surface area contributed by atoms with Crippen molar-refractivity contribution >= 4 is 15.6 Å². The van der Waals surface area contributed by atoms with Crippen LogP contribution in [-0.2, 0) is 26.2 Å². The van der Waals surface area contributed by atoms with Gasteiger partial charge in [-0.1, -0.05) is 0 Å². The van der Waals surface area contributed by atoms with Gasteiger partial charge in [-0.2, -0.15) is 0 Å². The molecule has 1 radical (unpaired) electrons. The summed E-state index contributed by atoms with van der Waals surface area (Å²) in [5.74, 6) is 0. The fourth-order valence-corrected chi connectivity index (χ4v) is 0. The van der Waals surface area contributed by atoms with Gasteiger partial charge >= 0.3 is 17.1 Å². The minimum atomic E-state index is -4.89. The summed E-state index contributed by atoms with van der Waals surface area (Å²) in [4.78, 5) is 45.8. The minimum Gasteiger partial charge on any atom is -0.756 e. The van der Waals surface area contributed by atoms with Gasteiger partial charge in [0.2, 0.25) is 0 Å². The fraction of sp³-hybridized carbons (Fsp3) is 0. The summed E-state index contributed by atoms with van der Waals surface area (Å²) in [5.41, 5.74) is 0. The van der Waals surface area contributed by atoms with Gasteiger partial charge in [-0.25, -0.2) is 0 Å². The second-order valence-electron chi connectivity index (χ2n) is 0.981. The molecule has 0 aromatic heterocycles. The average Bonchev–Trinajstić information content (AvgIpc) is 1.12. The smallest absolute Gasteiger partial charge is 0.756 e. The van der Waals surface area contributed by atoms with E-state index in [2.05, 4.69) is 0 Å². The molecule has 11 heteroatoms. The van der Waals surface area contributed by atoms with E-state index in [1.807, 2.05) is 0 Å². The van der Waals surface area contributed by atoms with Crippen LogP contribution in [0.2, 0.25) is 0 Å². The maximum atomic E-state index is 8.77. The van der Waals surface area contributed by atoms with Crippen molar-refractivity contribution in [2.75, 3.05) is 0 Å². The van der Waals surface area contributed by atoms with Crippen LogP contribution >= 0.6 is 15.6 Å². The van der Waals surface area contributed by atoms with Crippen LogP contribution in [0.3, 0.4) is 0 Å². The summed E-state index contributed by atoms with van der Waals surface area (Å²) in [6.45, 7) is 0. The number of phosphoric acid groups is 2. The van der Waals surface area contributed by atoms with Crippen LogP contribution in [0.15, 0.2) is 0 Å². The molecule has 69 valence electrons. The summed E-state index contributed by atoms with van der Waals surface area (Å²) in [6.07, 6.45) is 0. The van der Waals surface area contributed by atoms with Crippen molar-refractivity contribution in [3.63, 3.8) is 0 Å². The van der Waals surface area contributed by atoms with Crippen molar-refractivity contribution in [2.24, 2.45) is 0 Å². The van der Waals surface area contributed by atoms with Crippen molar-refractivity contribution in [2.45, 2.75) is 0 Å². The molecule has 0 aromatic rings. The Balaban J connectivity index is -0.000000107. The Kier molecular flexibility index (Phi) is 10.1. The van der Waals surface area contributed by atoms with E-state index >= 15 is 0 Å². The van der Waals surface area contributed by atoms with Gasteiger partial charge in [0.25, 0.3) is 15.6 Å². The van der Waals surface area contributed by atoms with Gasteiger partial charge in [-0.05, 0) is 0 Å². The van der Waals surface area contributed by atoms with E-state index in [0.717, 1.165) is 0 Å². The second kappa shape index (κ2) is 6.28. The maximum absolute atomic E-state index is 8.77. The second-order valence-corrected chi connectivity index (χ2v) is 2.94. The molecule has 0 bridgehead atoms. The normalized spacial score (nSPS) is 10.7. The Morgan fingerprint density at radius 3 is 0.818 bits per heavy atom. The van der Waals surface area contributed by atoms with Crippen LogP contribution in [0.1, 0.15) is 0 Å². The minimum absolute atomic E-state index is 0.